The molecule has 2 rings (SSSR count). The summed E-state index contributed by atoms with van der Waals surface area (Å²) < 4.78 is 0. The van der Waals surface area contributed by atoms with Crippen molar-refractivity contribution in [1.82, 2.24) is 10.2 Å². The molecular formula is C18H22N2O2. The van der Waals surface area contributed by atoms with E-state index >= 15 is 0 Å². The molecule has 116 valence electrons. The van der Waals surface area contributed by atoms with Crippen molar-refractivity contribution in [3.63, 3.8) is 0 Å². The largest absolute Gasteiger partial charge is 0.356 e. The van der Waals surface area contributed by atoms with Crippen molar-refractivity contribution in [3.05, 3.63) is 48.0 Å². The van der Waals surface area contributed by atoms with Crippen LogP contribution in [0.3, 0.4) is 0 Å². The number of carbonyl (C=O) groups excluding carboxylic acids is 2. The van der Waals surface area contributed by atoms with E-state index in [4.69, 9.17) is 0 Å². The highest BCUT2D eigenvalue weighted by Crippen LogP contribution is 2.19. The minimum absolute atomic E-state index is 0.0373. The van der Waals surface area contributed by atoms with E-state index in [9.17, 15) is 9.59 Å². The Hall–Kier alpha value is -2.36. The predicted octanol–water partition coefficient (Wildman–Crippen LogP) is 2.37. The molecule has 2 aromatic carbocycles. The van der Waals surface area contributed by atoms with Gasteiger partial charge in [-0.15, -0.1) is 0 Å². The van der Waals surface area contributed by atoms with Crippen LogP contribution in [0.4, 0.5) is 0 Å². The summed E-state index contributed by atoms with van der Waals surface area (Å²) in [7, 11) is 1.81. The van der Waals surface area contributed by atoms with Crippen LogP contribution in [-0.4, -0.2) is 36.9 Å². The molecule has 0 spiro atoms. The van der Waals surface area contributed by atoms with Gasteiger partial charge in [0.1, 0.15) is 0 Å². The molecule has 0 saturated carbocycles. The molecule has 4 heteroatoms. The first kappa shape index (κ1) is 16.0. The molecular weight excluding hydrogens is 276 g/mol. The minimum Gasteiger partial charge on any atom is -0.356 e. The molecule has 0 aliphatic rings. The SMILES string of the molecule is CC(=O)NCCCN(C)C(=O)Cc1cccc2ccccc12. The van der Waals surface area contributed by atoms with E-state index in [1.165, 1.54) is 6.92 Å². The second kappa shape index (κ2) is 7.59. The summed E-state index contributed by atoms with van der Waals surface area (Å²) in [5.41, 5.74) is 1.05. The first-order valence-corrected chi connectivity index (χ1v) is 7.53. The van der Waals surface area contributed by atoms with Crippen LogP contribution in [-0.2, 0) is 16.0 Å². The highest BCUT2D eigenvalue weighted by atomic mass is 16.2. The molecule has 0 unspecified atom stereocenters. The standard InChI is InChI=1S/C18H22N2O2/c1-14(21)19-11-6-12-20(2)18(22)13-16-9-5-8-15-7-3-4-10-17(15)16/h3-5,7-10H,6,11-13H2,1-2H3,(H,19,21). The molecule has 4 nitrogen and oxygen atoms in total. The third kappa shape index (κ3) is 4.32. The summed E-state index contributed by atoms with van der Waals surface area (Å²) in [6.07, 6.45) is 1.16. The average Bonchev–Trinajstić information content (AvgIpc) is 2.51. The molecule has 2 amide bonds. The molecule has 1 N–H and O–H groups in total. The van der Waals surface area contributed by atoms with E-state index in [0.29, 0.717) is 19.5 Å². The summed E-state index contributed by atoms with van der Waals surface area (Å²) in [5, 5.41) is 5.02. The predicted molar refractivity (Wildman–Crippen MR) is 88.6 cm³/mol. The molecule has 0 aliphatic heterocycles. The third-order valence-electron chi connectivity index (χ3n) is 3.69. The maximum Gasteiger partial charge on any atom is 0.226 e. The zero-order valence-corrected chi connectivity index (χ0v) is 13.1. The molecule has 0 heterocycles. The maximum atomic E-state index is 12.3. The van der Waals surface area contributed by atoms with Crippen molar-refractivity contribution in [3.8, 4) is 0 Å². The summed E-state index contributed by atoms with van der Waals surface area (Å²) >= 11 is 0. The molecule has 0 saturated heterocycles. The number of fused-ring (bicyclic) bond motifs is 1. The number of likely N-dealkylation sites (N-methyl/N-ethyl adjacent to an activating group) is 1. The zero-order chi connectivity index (χ0) is 15.9. The van der Waals surface area contributed by atoms with Crippen LogP contribution in [0.5, 0.6) is 0 Å². The van der Waals surface area contributed by atoms with Crippen molar-refractivity contribution < 1.29 is 9.59 Å². The number of amides is 2. The maximum absolute atomic E-state index is 12.3. The Morgan fingerprint density at radius 1 is 1.09 bits per heavy atom. The van der Waals surface area contributed by atoms with Gasteiger partial charge >= 0.3 is 0 Å². The first-order valence-electron chi connectivity index (χ1n) is 7.53. The van der Waals surface area contributed by atoms with Crippen LogP contribution in [0, 0.1) is 0 Å². The van der Waals surface area contributed by atoms with E-state index in [1.54, 1.807) is 11.9 Å². The van der Waals surface area contributed by atoms with Gasteiger partial charge in [0.25, 0.3) is 0 Å². The number of nitrogens with one attached hydrogen (secondary N) is 1. The van der Waals surface area contributed by atoms with Gasteiger partial charge in [-0.1, -0.05) is 42.5 Å². The fourth-order valence-electron chi connectivity index (χ4n) is 2.45. The number of rotatable bonds is 6. The van der Waals surface area contributed by atoms with Gasteiger partial charge in [0.2, 0.25) is 11.8 Å². The lowest BCUT2D eigenvalue weighted by Crippen LogP contribution is -2.31. The second-order valence-electron chi connectivity index (χ2n) is 5.47. The molecule has 0 atom stereocenters. The molecule has 22 heavy (non-hydrogen) atoms. The van der Waals surface area contributed by atoms with Gasteiger partial charge in [-0.2, -0.15) is 0 Å². The van der Waals surface area contributed by atoms with Crippen LogP contribution in [0.15, 0.2) is 42.5 Å². The highest BCUT2D eigenvalue weighted by molar-refractivity contribution is 5.90. The Morgan fingerprint density at radius 3 is 2.59 bits per heavy atom. The molecule has 0 fully saturated rings. The monoisotopic (exact) mass is 298 g/mol. The zero-order valence-electron chi connectivity index (χ0n) is 13.1. The summed E-state index contributed by atoms with van der Waals surface area (Å²) in [6.45, 7) is 2.74. The lowest BCUT2D eigenvalue weighted by atomic mass is 10.0. The molecule has 2 aromatic rings. The second-order valence-corrected chi connectivity index (χ2v) is 5.47. The summed E-state index contributed by atoms with van der Waals surface area (Å²) in [4.78, 5) is 24.8. The highest BCUT2D eigenvalue weighted by Gasteiger charge is 2.11. The Morgan fingerprint density at radius 2 is 1.82 bits per heavy atom. The van der Waals surface area contributed by atoms with Crippen molar-refractivity contribution in [2.45, 2.75) is 19.8 Å². The minimum atomic E-state index is -0.0373. The van der Waals surface area contributed by atoms with Crippen LogP contribution in [0.2, 0.25) is 0 Å². The van der Waals surface area contributed by atoms with Crippen molar-refractivity contribution in [2.75, 3.05) is 20.1 Å². The quantitative estimate of drug-likeness (QED) is 0.832. The van der Waals surface area contributed by atoms with E-state index in [-0.39, 0.29) is 11.8 Å². The van der Waals surface area contributed by atoms with Gasteiger partial charge in [0, 0.05) is 27.1 Å². The van der Waals surface area contributed by atoms with Crippen molar-refractivity contribution >= 4 is 22.6 Å². The van der Waals surface area contributed by atoms with Gasteiger partial charge < -0.3 is 10.2 Å². The fraction of sp³-hybridized carbons (Fsp3) is 0.333. The van der Waals surface area contributed by atoms with Crippen molar-refractivity contribution in [1.29, 1.82) is 0 Å². The Labute approximate surface area is 131 Å². The number of nitrogens with zero attached hydrogens (tertiary/aromatic N) is 1. The smallest absolute Gasteiger partial charge is 0.226 e. The van der Waals surface area contributed by atoms with Gasteiger partial charge in [0.05, 0.1) is 6.42 Å². The topological polar surface area (TPSA) is 49.4 Å². The van der Waals surface area contributed by atoms with Crippen LogP contribution < -0.4 is 5.32 Å². The Bertz CT molecular complexity index is 662. The van der Waals surface area contributed by atoms with E-state index < -0.39 is 0 Å². The number of benzene rings is 2. The van der Waals surface area contributed by atoms with E-state index in [2.05, 4.69) is 23.5 Å². The van der Waals surface area contributed by atoms with Crippen LogP contribution >= 0.6 is 0 Å². The lowest BCUT2D eigenvalue weighted by molar-refractivity contribution is -0.129. The third-order valence-corrected chi connectivity index (χ3v) is 3.69. The van der Waals surface area contributed by atoms with Gasteiger partial charge in [-0.25, -0.2) is 0 Å². The number of hydrogen-bond donors (Lipinski definition) is 1. The summed E-state index contributed by atoms with van der Waals surface area (Å²) in [5.74, 6) is 0.0592. The van der Waals surface area contributed by atoms with Gasteiger partial charge in [0.15, 0.2) is 0 Å². The molecule has 0 aliphatic carbocycles. The van der Waals surface area contributed by atoms with Gasteiger partial charge in [-0.05, 0) is 22.8 Å². The summed E-state index contributed by atoms with van der Waals surface area (Å²) in [6, 6.07) is 14.2. The van der Waals surface area contributed by atoms with E-state index in [1.807, 2.05) is 24.3 Å². The molecule has 0 bridgehead atoms. The van der Waals surface area contributed by atoms with E-state index in [0.717, 1.165) is 22.8 Å². The number of carbonyl (C=O) groups is 2. The van der Waals surface area contributed by atoms with Gasteiger partial charge in [-0.3, -0.25) is 9.59 Å². The Kier molecular flexibility index (Phi) is 5.53. The van der Waals surface area contributed by atoms with Crippen LogP contribution in [0.1, 0.15) is 18.9 Å². The lowest BCUT2D eigenvalue weighted by Gasteiger charge is -2.18. The van der Waals surface area contributed by atoms with Crippen molar-refractivity contribution in [2.24, 2.45) is 0 Å². The molecule has 0 radical (unpaired) electrons. The fourth-order valence-corrected chi connectivity index (χ4v) is 2.45. The Balaban J connectivity index is 1.94. The number of hydrogen-bond acceptors (Lipinski definition) is 2. The average molecular weight is 298 g/mol. The van der Waals surface area contributed by atoms with Crippen LogP contribution in [0.25, 0.3) is 10.8 Å². The molecule has 0 aromatic heterocycles. The normalized spacial score (nSPS) is 10.5. The first-order chi connectivity index (χ1) is 10.6.